The van der Waals surface area contributed by atoms with Crippen LogP contribution in [0.5, 0.6) is 0 Å². The van der Waals surface area contributed by atoms with E-state index in [1.807, 2.05) is 6.07 Å². The number of nitrogens with zero attached hydrogens (tertiary/aromatic N) is 2. The van der Waals surface area contributed by atoms with E-state index in [9.17, 15) is 9.90 Å². The molecule has 2 aliphatic rings. The van der Waals surface area contributed by atoms with Gasteiger partial charge in [0, 0.05) is 30.0 Å². The van der Waals surface area contributed by atoms with E-state index >= 15 is 0 Å². The van der Waals surface area contributed by atoms with Gasteiger partial charge in [0.2, 0.25) is 0 Å². The summed E-state index contributed by atoms with van der Waals surface area (Å²) < 4.78 is 5.63. The van der Waals surface area contributed by atoms with Crippen molar-refractivity contribution < 1.29 is 14.6 Å². The summed E-state index contributed by atoms with van der Waals surface area (Å²) in [5.41, 5.74) is 1.29. The van der Waals surface area contributed by atoms with E-state index in [1.54, 1.807) is 17.4 Å². The molecule has 4 rings (SSSR count). The molecular formula is C19H22N2O3S. The molecule has 0 bridgehead atoms. The first kappa shape index (κ1) is 16.5. The first-order valence-electron chi connectivity index (χ1n) is 8.70. The van der Waals surface area contributed by atoms with Gasteiger partial charge in [0.25, 0.3) is 0 Å². The Morgan fingerprint density at radius 2 is 2.20 bits per heavy atom. The molecule has 2 aromatic rings. The average molecular weight is 358 g/mol. The summed E-state index contributed by atoms with van der Waals surface area (Å²) in [6, 6.07) is 7.63. The highest BCUT2D eigenvalue weighted by atomic mass is 32.1. The van der Waals surface area contributed by atoms with Crippen molar-refractivity contribution in [3.63, 3.8) is 0 Å². The molecule has 4 heterocycles. The minimum absolute atomic E-state index is 0.158. The molecule has 0 aliphatic carbocycles. The fourth-order valence-corrected chi connectivity index (χ4v) is 4.76. The summed E-state index contributed by atoms with van der Waals surface area (Å²) in [5, 5.41) is 9.63. The number of ether oxygens (including phenoxy) is 1. The molecule has 132 valence electrons. The maximum absolute atomic E-state index is 11.7. The van der Waals surface area contributed by atoms with E-state index in [1.165, 1.54) is 4.88 Å². The molecule has 25 heavy (non-hydrogen) atoms. The quantitative estimate of drug-likeness (QED) is 0.904. The van der Waals surface area contributed by atoms with E-state index in [4.69, 9.17) is 9.72 Å². The number of carboxylic acids is 1. The van der Waals surface area contributed by atoms with Crippen molar-refractivity contribution in [2.75, 3.05) is 31.2 Å². The van der Waals surface area contributed by atoms with Gasteiger partial charge in [-0.2, -0.15) is 0 Å². The van der Waals surface area contributed by atoms with Gasteiger partial charge >= 0.3 is 5.97 Å². The number of aromatic carboxylic acids is 1. The molecule has 2 fully saturated rings. The van der Waals surface area contributed by atoms with E-state index in [0.29, 0.717) is 5.82 Å². The number of hydrogen-bond donors (Lipinski definition) is 1. The molecule has 0 aromatic carbocycles. The Morgan fingerprint density at radius 1 is 1.32 bits per heavy atom. The van der Waals surface area contributed by atoms with Gasteiger partial charge < -0.3 is 14.7 Å². The molecule has 0 radical (unpaired) electrons. The van der Waals surface area contributed by atoms with E-state index < -0.39 is 5.97 Å². The number of piperidine rings is 1. The zero-order valence-corrected chi connectivity index (χ0v) is 15.1. The minimum Gasteiger partial charge on any atom is -0.478 e. The lowest BCUT2D eigenvalue weighted by molar-refractivity contribution is 0.0696. The molecule has 6 heteroatoms. The van der Waals surface area contributed by atoms with Gasteiger partial charge in [0.05, 0.1) is 17.2 Å². The van der Waals surface area contributed by atoms with Crippen molar-refractivity contribution in [2.24, 2.45) is 5.41 Å². The fraction of sp³-hybridized carbons (Fsp3) is 0.474. The van der Waals surface area contributed by atoms with Crippen LogP contribution in [-0.4, -0.2) is 42.4 Å². The molecular weight excluding hydrogens is 336 g/mol. The van der Waals surface area contributed by atoms with Gasteiger partial charge in [0.15, 0.2) is 0 Å². The normalized spacial score (nSPS) is 23.3. The largest absolute Gasteiger partial charge is 0.478 e. The number of rotatable bonds is 3. The lowest BCUT2D eigenvalue weighted by Crippen LogP contribution is -2.44. The standard InChI is InChI=1S/C19H22N2O3S/c1-13-3-6-16(25-13)15-5-4-14(18(22)23)17(20-15)21-9-2-7-19(11-21)8-10-24-12-19/h3-6H,2,7-12H2,1H3,(H,22,23). The summed E-state index contributed by atoms with van der Waals surface area (Å²) in [6.45, 7) is 5.32. The predicted octanol–water partition coefficient (Wildman–Crippen LogP) is 3.82. The molecule has 1 spiro atoms. The number of thiophene rings is 1. The smallest absolute Gasteiger partial charge is 0.339 e. The molecule has 5 nitrogen and oxygen atoms in total. The van der Waals surface area contributed by atoms with Crippen LogP contribution in [0.4, 0.5) is 5.82 Å². The van der Waals surface area contributed by atoms with Crippen LogP contribution in [0, 0.1) is 12.3 Å². The monoisotopic (exact) mass is 358 g/mol. The second-order valence-corrected chi connectivity index (χ2v) is 8.40. The van der Waals surface area contributed by atoms with E-state index in [-0.39, 0.29) is 11.0 Å². The zero-order valence-electron chi connectivity index (χ0n) is 14.3. The van der Waals surface area contributed by atoms with Gasteiger partial charge in [-0.3, -0.25) is 0 Å². The Morgan fingerprint density at radius 3 is 2.88 bits per heavy atom. The van der Waals surface area contributed by atoms with Crippen LogP contribution in [0.2, 0.25) is 0 Å². The highest BCUT2D eigenvalue weighted by Gasteiger charge is 2.40. The number of aromatic nitrogens is 1. The highest BCUT2D eigenvalue weighted by Crippen LogP contribution is 2.40. The molecule has 1 unspecified atom stereocenters. The third kappa shape index (κ3) is 3.16. The van der Waals surface area contributed by atoms with Crippen LogP contribution >= 0.6 is 11.3 Å². The van der Waals surface area contributed by atoms with Crippen LogP contribution in [0.3, 0.4) is 0 Å². The summed E-state index contributed by atoms with van der Waals surface area (Å²) in [7, 11) is 0. The summed E-state index contributed by atoms with van der Waals surface area (Å²) >= 11 is 1.68. The van der Waals surface area contributed by atoms with Crippen LogP contribution in [-0.2, 0) is 4.74 Å². The molecule has 0 amide bonds. The average Bonchev–Trinajstić information content (AvgIpc) is 3.24. The summed E-state index contributed by atoms with van der Waals surface area (Å²) in [5.74, 6) is -0.319. The number of pyridine rings is 1. The van der Waals surface area contributed by atoms with E-state index in [2.05, 4.69) is 24.0 Å². The van der Waals surface area contributed by atoms with Gasteiger partial charge in [-0.1, -0.05) is 0 Å². The van der Waals surface area contributed by atoms with Crippen molar-refractivity contribution in [2.45, 2.75) is 26.2 Å². The lowest BCUT2D eigenvalue weighted by atomic mass is 9.79. The number of carboxylic acid groups (broad SMARTS) is 1. The zero-order chi connectivity index (χ0) is 17.4. The maximum Gasteiger partial charge on any atom is 0.339 e. The van der Waals surface area contributed by atoms with Crippen molar-refractivity contribution in [3.8, 4) is 10.6 Å². The number of aryl methyl sites for hydroxylation is 1. The number of carbonyl (C=O) groups is 1. The van der Waals surface area contributed by atoms with Crippen LogP contribution in [0.25, 0.3) is 10.6 Å². The highest BCUT2D eigenvalue weighted by molar-refractivity contribution is 7.15. The Hall–Kier alpha value is -1.92. The summed E-state index contributed by atoms with van der Waals surface area (Å²) in [4.78, 5) is 21.0. The topological polar surface area (TPSA) is 62.7 Å². The van der Waals surface area contributed by atoms with Gasteiger partial charge in [-0.25, -0.2) is 9.78 Å². The van der Waals surface area contributed by atoms with Gasteiger partial charge in [-0.05, 0) is 50.5 Å². The van der Waals surface area contributed by atoms with Crippen molar-refractivity contribution in [3.05, 3.63) is 34.7 Å². The molecule has 1 N–H and O–H groups in total. The Bertz CT molecular complexity index is 796. The SMILES string of the molecule is Cc1ccc(-c2ccc(C(=O)O)c(N3CCCC4(CCOC4)C3)n2)s1. The second kappa shape index (κ2) is 6.42. The van der Waals surface area contributed by atoms with Crippen molar-refractivity contribution >= 4 is 23.1 Å². The first-order chi connectivity index (χ1) is 12.1. The lowest BCUT2D eigenvalue weighted by Gasteiger charge is -2.40. The molecule has 0 saturated carbocycles. The molecule has 2 saturated heterocycles. The van der Waals surface area contributed by atoms with Gasteiger partial charge in [0.1, 0.15) is 11.4 Å². The third-order valence-corrected chi connectivity index (χ3v) is 6.27. The van der Waals surface area contributed by atoms with Crippen LogP contribution < -0.4 is 4.90 Å². The molecule has 1 atom stereocenters. The number of hydrogen-bond acceptors (Lipinski definition) is 5. The second-order valence-electron chi connectivity index (χ2n) is 7.11. The number of anilines is 1. The first-order valence-corrected chi connectivity index (χ1v) is 9.52. The molecule has 2 aliphatic heterocycles. The molecule has 2 aromatic heterocycles. The van der Waals surface area contributed by atoms with Crippen LogP contribution in [0.15, 0.2) is 24.3 Å². The Kier molecular flexibility index (Phi) is 4.25. The Balaban J connectivity index is 1.72. The Labute approximate surface area is 151 Å². The minimum atomic E-state index is -0.918. The van der Waals surface area contributed by atoms with E-state index in [0.717, 1.165) is 56.1 Å². The summed E-state index contributed by atoms with van der Waals surface area (Å²) in [6.07, 6.45) is 3.25. The van der Waals surface area contributed by atoms with Crippen LogP contribution in [0.1, 0.15) is 34.5 Å². The van der Waals surface area contributed by atoms with Crippen molar-refractivity contribution in [1.82, 2.24) is 4.98 Å². The maximum atomic E-state index is 11.7. The van der Waals surface area contributed by atoms with Crippen molar-refractivity contribution in [1.29, 1.82) is 0 Å². The van der Waals surface area contributed by atoms with Gasteiger partial charge in [-0.15, -0.1) is 11.3 Å². The predicted molar refractivity (Wildman–Crippen MR) is 98.6 cm³/mol. The third-order valence-electron chi connectivity index (χ3n) is 5.24. The fourth-order valence-electron chi connectivity index (χ4n) is 3.93.